The number of nitrogens with zero attached hydrogens (tertiary/aromatic N) is 1. The van der Waals surface area contributed by atoms with Gasteiger partial charge in [0.2, 0.25) is 0 Å². The van der Waals surface area contributed by atoms with Gasteiger partial charge in [-0.05, 0) is 25.2 Å². The van der Waals surface area contributed by atoms with E-state index in [2.05, 4.69) is 11.9 Å². The van der Waals surface area contributed by atoms with E-state index in [1.807, 2.05) is 0 Å². The Kier molecular flexibility index (Phi) is 15.2. The van der Waals surface area contributed by atoms with Gasteiger partial charge in [-0.25, -0.2) is 4.79 Å². The minimum atomic E-state index is -1.29. The standard InChI is InChI=1S/C13H21NO5.K/c1-2-3-4-5-6-7-11(15)14-10(13(18)19)8-9-12(16)17;/h6-7,10H,2-5,8-9H2,1H3,(H,14,15)(H,16,17)(H,18,19);/q;+1/p-1/b7-6+;/t10-;/m0./s1. The molecule has 0 fully saturated rings. The van der Waals surface area contributed by atoms with E-state index in [0.717, 1.165) is 25.7 Å². The van der Waals surface area contributed by atoms with E-state index in [0.29, 0.717) is 0 Å². The number of allylic oxidation sites excluding steroid dienone is 1. The molecule has 0 rings (SSSR count). The van der Waals surface area contributed by atoms with Crippen molar-refractivity contribution in [2.75, 3.05) is 0 Å². The molecule has 0 aliphatic heterocycles. The zero-order valence-electron chi connectivity index (χ0n) is 12.0. The quantitative estimate of drug-likeness (QED) is 0.214. The van der Waals surface area contributed by atoms with Crippen LogP contribution in [0.15, 0.2) is 17.1 Å². The van der Waals surface area contributed by atoms with Crippen molar-refractivity contribution < 1.29 is 76.3 Å². The van der Waals surface area contributed by atoms with Crippen LogP contribution in [0.5, 0.6) is 0 Å². The summed E-state index contributed by atoms with van der Waals surface area (Å²) in [5.41, 5.74) is 0. The fraction of sp³-hybridized carbons (Fsp3) is 0.615. The fourth-order valence-electron chi connectivity index (χ4n) is 1.40. The van der Waals surface area contributed by atoms with Gasteiger partial charge in [0.15, 0.2) is 0 Å². The van der Waals surface area contributed by atoms with Gasteiger partial charge in [-0.2, -0.15) is 0 Å². The Morgan fingerprint density at radius 3 is 2.45 bits per heavy atom. The van der Waals surface area contributed by atoms with E-state index in [-0.39, 0.29) is 64.2 Å². The number of aliphatic imine (C=N–C) groups is 1. The van der Waals surface area contributed by atoms with E-state index in [1.165, 1.54) is 6.08 Å². The smallest absolute Gasteiger partial charge is 0.859 e. The summed E-state index contributed by atoms with van der Waals surface area (Å²) in [6.45, 7) is 2.07. The molecule has 0 aromatic heterocycles. The zero-order valence-corrected chi connectivity index (χ0v) is 15.2. The van der Waals surface area contributed by atoms with Crippen molar-refractivity contribution in [1.82, 2.24) is 0 Å². The normalized spacial score (nSPS) is 12.9. The van der Waals surface area contributed by atoms with Crippen LogP contribution in [0.1, 0.15) is 45.4 Å². The van der Waals surface area contributed by atoms with Crippen LogP contribution in [0.25, 0.3) is 0 Å². The Hall–Kier alpha value is -0.214. The monoisotopic (exact) mass is 309 g/mol. The van der Waals surface area contributed by atoms with Gasteiger partial charge in [0.05, 0.1) is 0 Å². The van der Waals surface area contributed by atoms with Crippen LogP contribution >= 0.6 is 0 Å². The summed E-state index contributed by atoms with van der Waals surface area (Å²) in [5.74, 6) is -3.02. The van der Waals surface area contributed by atoms with Crippen molar-refractivity contribution in [3.63, 3.8) is 0 Å². The molecule has 6 nitrogen and oxygen atoms in total. The van der Waals surface area contributed by atoms with Crippen LogP contribution in [0.4, 0.5) is 0 Å². The molecule has 0 aliphatic carbocycles. The van der Waals surface area contributed by atoms with Crippen LogP contribution in [-0.2, 0) is 9.59 Å². The molecule has 1 atom stereocenters. The summed E-state index contributed by atoms with van der Waals surface area (Å²) >= 11 is 0. The Morgan fingerprint density at radius 1 is 1.30 bits per heavy atom. The number of hydrogen-bond donors (Lipinski definition) is 2. The number of carboxylic acid groups (broad SMARTS) is 2. The van der Waals surface area contributed by atoms with Gasteiger partial charge in [-0.1, -0.05) is 31.9 Å². The van der Waals surface area contributed by atoms with Crippen molar-refractivity contribution in [1.29, 1.82) is 0 Å². The summed E-state index contributed by atoms with van der Waals surface area (Å²) < 4.78 is 0. The van der Waals surface area contributed by atoms with E-state index in [1.54, 1.807) is 6.08 Å². The molecule has 0 spiro atoms. The molecule has 0 radical (unpaired) electrons. The Balaban J connectivity index is 0. The summed E-state index contributed by atoms with van der Waals surface area (Å²) in [5, 5.41) is 28.7. The molecule has 2 N–H and O–H groups in total. The third-order valence-corrected chi connectivity index (χ3v) is 2.43. The van der Waals surface area contributed by atoms with Crippen LogP contribution in [-0.4, -0.2) is 34.1 Å². The molecule has 0 aliphatic rings. The molecular weight excluding hydrogens is 289 g/mol. The maximum absolute atomic E-state index is 11.4. The molecule has 0 saturated heterocycles. The Morgan fingerprint density at radius 2 is 1.95 bits per heavy atom. The minimum Gasteiger partial charge on any atom is -0.859 e. The Labute approximate surface area is 161 Å². The molecule has 0 bridgehead atoms. The molecule has 0 aromatic carbocycles. The number of aliphatic carboxylic acids is 2. The number of rotatable bonds is 10. The summed E-state index contributed by atoms with van der Waals surface area (Å²) in [6, 6.07) is -1.29. The molecule has 0 unspecified atom stereocenters. The van der Waals surface area contributed by atoms with E-state index in [9.17, 15) is 14.7 Å². The van der Waals surface area contributed by atoms with E-state index < -0.39 is 23.9 Å². The predicted octanol–water partition coefficient (Wildman–Crippen LogP) is -1.80. The first-order valence-electron chi connectivity index (χ1n) is 6.33. The summed E-state index contributed by atoms with van der Waals surface area (Å²) in [7, 11) is 0. The van der Waals surface area contributed by atoms with E-state index in [4.69, 9.17) is 10.2 Å². The van der Waals surface area contributed by atoms with Crippen molar-refractivity contribution in [2.45, 2.75) is 51.5 Å². The fourth-order valence-corrected chi connectivity index (χ4v) is 1.40. The van der Waals surface area contributed by atoms with Crippen LogP contribution < -0.4 is 56.5 Å². The van der Waals surface area contributed by atoms with Gasteiger partial charge in [0, 0.05) is 6.42 Å². The van der Waals surface area contributed by atoms with Gasteiger partial charge >= 0.3 is 63.3 Å². The minimum absolute atomic E-state index is 0. The molecular formula is C13H20KNO5. The van der Waals surface area contributed by atoms with Gasteiger partial charge in [-0.3, -0.25) is 9.79 Å². The number of carboxylic acids is 2. The van der Waals surface area contributed by atoms with Crippen LogP contribution in [0.3, 0.4) is 0 Å². The zero-order chi connectivity index (χ0) is 14.7. The van der Waals surface area contributed by atoms with Gasteiger partial charge in [0.1, 0.15) is 6.04 Å². The predicted molar refractivity (Wildman–Crippen MR) is 69.0 cm³/mol. The third-order valence-electron chi connectivity index (χ3n) is 2.43. The molecule has 108 valence electrons. The first kappa shape index (κ1) is 22.1. The van der Waals surface area contributed by atoms with Crippen molar-refractivity contribution in [3.8, 4) is 0 Å². The molecule has 0 saturated carbocycles. The number of hydrogen-bond acceptors (Lipinski definition) is 4. The second-order valence-corrected chi connectivity index (χ2v) is 4.15. The average Bonchev–Trinajstić information content (AvgIpc) is 2.33. The summed E-state index contributed by atoms with van der Waals surface area (Å²) in [4.78, 5) is 24.6. The van der Waals surface area contributed by atoms with Gasteiger partial charge < -0.3 is 15.3 Å². The number of carbonyl (C=O) groups is 2. The van der Waals surface area contributed by atoms with Crippen LogP contribution in [0.2, 0.25) is 0 Å². The van der Waals surface area contributed by atoms with Crippen LogP contribution in [0, 0.1) is 0 Å². The topological polar surface area (TPSA) is 110 Å². The van der Waals surface area contributed by atoms with E-state index >= 15 is 0 Å². The molecule has 0 aromatic rings. The molecule has 20 heavy (non-hydrogen) atoms. The summed E-state index contributed by atoms with van der Waals surface area (Å²) in [6.07, 6.45) is 6.29. The molecule has 0 amide bonds. The second kappa shape index (κ2) is 13.8. The van der Waals surface area contributed by atoms with Gasteiger partial charge in [-0.15, -0.1) is 0 Å². The van der Waals surface area contributed by atoms with Crippen molar-refractivity contribution in [2.24, 2.45) is 4.99 Å². The Bertz CT molecular complexity index is 355. The third kappa shape index (κ3) is 12.8. The average molecular weight is 309 g/mol. The van der Waals surface area contributed by atoms with Crippen molar-refractivity contribution in [3.05, 3.63) is 12.2 Å². The van der Waals surface area contributed by atoms with Gasteiger partial charge in [0.25, 0.3) is 0 Å². The molecule has 7 heteroatoms. The second-order valence-electron chi connectivity index (χ2n) is 4.15. The largest absolute Gasteiger partial charge is 1.00 e. The maximum atomic E-state index is 11.4. The number of unbranched alkanes of at least 4 members (excludes halogenated alkanes) is 3. The molecule has 0 heterocycles. The first-order chi connectivity index (χ1) is 8.97. The first-order valence-corrected chi connectivity index (χ1v) is 6.33. The SMILES string of the molecule is CCCCC/C=C/C([O-])=N[C@@H](CCC(=O)O)C(=O)O.[K+]. The maximum Gasteiger partial charge on any atom is 1.00 e. The van der Waals surface area contributed by atoms with Crippen molar-refractivity contribution >= 4 is 17.8 Å².